The van der Waals surface area contributed by atoms with Crippen molar-refractivity contribution >= 4 is 6.09 Å². The number of aryl methyl sites for hydroxylation is 2. The first-order chi connectivity index (χ1) is 9.77. The summed E-state index contributed by atoms with van der Waals surface area (Å²) in [5.74, 6) is 0. The summed E-state index contributed by atoms with van der Waals surface area (Å²) in [6, 6.07) is 6.00. The summed E-state index contributed by atoms with van der Waals surface area (Å²) in [6.07, 6.45) is -1.02. The number of carbonyl (C=O) groups is 1. The molecule has 1 amide bonds. The average Bonchev–Trinajstić information content (AvgIpc) is 2.35. The molecular weight excluding hydrogens is 266 g/mol. The van der Waals surface area contributed by atoms with Crippen molar-refractivity contribution in [1.82, 2.24) is 4.90 Å². The third-order valence-corrected chi connectivity index (χ3v) is 3.50. The van der Waals surface area contributed by atoms with Gasteiger partial charge < -0.3 is 14.7 Å². The van der Waals surface area contributed by atoms with Crippen LogP contribution in [0.2, 0.25) is 0 Å². The molecule has 0 saturated carbocycles. The Labute approximate surface area is 127 Å². The number of nitrogens with zero attached hydrogens (tertiary/aromatic N) is 1. The van der Waals surface area contributed by atoms with Crippen LogP contribution in [0.3, 0.4) is 0 Å². The van der Waals surface area contributed by atoms with Gasteiger partial charge in [0.2, 0.25) is 0 Å². The largest absolute Gasteiger partial charge is 0.439 e. The molecule has 0 heterocycles. The maximum Gasteiger partial charge on any atom is 0.410 e. The van der Waals surface area contributed by atoms with Gasteiger partial charge in [0.15, 0.2) is 6.10 Å². The second kappa shape index (κ2) is 7.46. The minimum Gasteiger partial charge on any atom is -0.439 e. The molecule has 4 nitrogen and oxygen atoms in total. The summed E-state index contributed by atoms with van der Waals surface area (Å²) >= 11 is 0. The zero-order chi connectivity index (χ0) is 16.2. The molecule has 0 aromatic heterocycles. The number of aliphatic hydroxyl groups is 1. The molecule has 0 fully saturated rings. The van der Waals surface area contributed by atoms with E-state index in [0.717, 1.165) is 16.7 Å². The molecule has 1 N–H and O–H groups in total. The van der Waals surface area contributed by atoms with E-state index in [1.54, 1.807) is 4.90 Å². The predicted molar refractivity (Wildman–Crippen MR) is 84.3 cm³/mol. The van der Waals surface area contributed by atoms with Crippen LogP contribution in [0, 0.1) is 13.8 Å². The molecule has 0 radical (unpaired) electrons. The Bertz CT molecular complexity index is 475. The van der Waals surface area contributed by atoms with Crippen molar-refractivity contribution in [3.8, 4) is 0 Å². The van der Waals surface area contributed by atoms with E-state index in [9.17, 15) is 9.90 Å². The lowest BCUT2D eigenvalue weighted by atomic mass is 10.0. The van der Waals surface area contributed by atoms with Crippen molar-refractivity contribution in [1.29, 1.82) is 0 Å². The summed E-state index contributed by atoms with van der Waals surface area (Å²) in [7, 11) is 0. The molecule has 1 unspecified atom stereocenters. The average molecular weight is 293 g/mol. The fraction of sp³-hybridized carbons (Fsp3) is 0.588. The van der Waals surface area contributed by atoms with E-state index in [1.165, 1.54) is 0 Å². The summed E-state index contributed by atoms with van der Waals surface area (Å²) in [5.41, 5.74) is 3.01. The van der Waals surface area contributed by atoms with Crippen LogP contribution >= 0.6 is 0 Å². The van der Waals surface area contributed by atoms with Crippen LogP contribution in [0.4, 0.5) is 4.79 Å². The second-order valence-electron chi connectivity index (χ2n) is 6.01. The van der Waals surface area contributed by atoms with Gasteiger partial charge in [-0.25, -0.2) is 4.79 Å². The second-order valence-corrected chi connectivity index (χ2v) is 6.01. The van der Waals surface area contributed by atoms with Crippen LogP contribution in [-0.4, -0.2) is 34.8 Å². The maximum atomic E-state index is 12.3. The highest BCUT2D eigenvalue weighted by Crippen LogP contribution is 2.23. The van der Waals surface area contributed by atoms with E-state index in [0.29, 0.717) is 0 Å². The molecule has 0 aliphatic heterocycles. The molecular formula is C17H27NO3. The number of benzene rings is 1. The minimum atomic E-state index is -0.627. The minimum absolute atomic E-state index is 0.0518. The number of hydrogen-bond acceptors (Lipinski definition) is 3. The van der Waals surface area contributed by atoms with Gasteiger partial charge in [-0.05, 0) is 52.7 Å². The van der Waals surface area contributed by atoms with Gasteiger partial charge in [-0.2, -0.15) is 0 Å². The Hall–Kier alpha value is -1.55. The van der Waals surface area contributed by atoms with E-state index in [4.69, 9.17) is 4.74 Å². The van der Waals surface area contributed by atoms with Crippen molar-refractivity contribution < 1.29 is 14.6 Å². The van der Waals surface area contributed by atoms with Gasteiger partial charge in [0.05, 0.1) is 6.61 Å². The SMILES string of the molecule is Cc1ccc(C(CO)OC(=O)N(C(C)C)C(C)C)c(C)c1. The molecule has 0 spiro atoms. The van der Waals surface area contributed by atoms with Gasteiger partial charge in [-0.3, -0.25) is 0 Å². The maximum absolute atomic E-state index is 12.3. The third-order valence-electron chi connectivity index (χ3n) is 3.50. The topological polar surface area (TPSA) is 49.8 Å². The molecule has 0 aliphatic carbocycles. The summed E-state index contributed by atoms with van der Waals surface area (Å²) < 4.78 is 5.53. The molecule has 1 rings (SSSR count). The first kappa shape index (κ1) is 17.5. The molecule has 118 valence electrons. The molecule has 0 aliphatic rings. The van der Waals surface area contributed by atoms with Gasteiger partial charge in [0.25, 0.3) is 0 Å². The van der Waals surface area contributed by atoms with Crippen LogP contribution in [-0.2, 0) is 4.74 Å². The lowest BCUT2D eigenvalue weighted by molar-refractivity contribution is 0.0199. The zero-order valence-electron chi connectivity index (χ0n) is 13.9. The lowest BCUT2D eigenvalue weighted by Crippen LogP contribution is -2.43. The third kappa shape index (κ3) is 4.46. The smallest absolute Gasteiger partial charge is 0.410 e. The van der Waals surface area contributed by atoms with Gasteiger partial charge >= 0.3 is 6.09 Å². The first-order valence-electron chi connectivity index (χ1n) is 7.44. The zero-order valence-corrected chi connectivity index (χ0v) is 13.9. The number of amides is 1. The highest BCUT2D eigenvalue weighted by molar-refractivity contribution is 5.68. The molecule has 4 heteroatoms. The van der Waals surface area contributed by atoms with E-state index in [-0.39, 0.29) is 24.8 Å². The van der Waals surface area contributed by atoms with Crippen molar-refractivity contribution in [3.63, 3.8) is 0 Å². The molecule has 21 heavy (non-hydrogen) atoms. The van der Waals surface area contributed by atoms with Crippen LogP contribution in [0.15, 0.2) is 18.2 Å². The highest BCUT2D eigenvalue weighted by atomic mass is 16.6. The normalized spacial score (nSPS) is 12.6. The fourth-order valence-corrected chi connectivity index (χ4v) is 2.59. The molecule has 0 saturated heterocycles. The van der Waals surface area contributed by atoms with Crippen molar-refractivity contribution in [2.45, 2.75) is 59.7 Å². The van der Waals surface area contributed by atoms with E-state index in [1.807, 2.05) is 59.7 Å². The number of hydrogen-bond donors (Lipinski definition) is 1. The standard InChI is InChI=1S/C17H27NO3/c1-11(2)18(12(3)4)17(20)21-16(10-19)15-8-7-13(5)9-14(15)6/h7-9,11-12,16,19H,10H2,1-6H3. The van der Waals surface area contributed by atoms with E-state index >= 15 is 0 Å². The number of ether oxygens (including phenoxy) is 1. The van der Waals surface area contributed by atoms with Crippen molar-refractivity contribution in [2.75, 3.05) is 6.61 Å². The number of rotatable bonds is 5. The Morgan fingerprint density at radius 2 is 1.76 bits per heavy atom. The number of aliphatic hydroxyl groups excluding tert-OH is 1. The monoisotopic (exact) mass is 293 g/mol. The molecule has 0 bridgehead atoms. The molecule has 1 aromatic rings. The lowest BCUT2D eigenvalue weighted by Gasteiger charge is -2.31. The van der Waals surface area contributed by atoms with Gasteiger partial charge in [0, 0.05) is 12.1 Å². The van der Waals surface area contributed by atoms with Gasteiger partial charge in [-0.1, -0.05) is 23.8 Å². The van der Waals surface area contributed by atoms with Gasteiger partial charge in [-0.15, -0.1) is 0 Å². The Kier molecular flexibility index (Phi) is 6.21. The summed E-state index contributed by atoms with van der Waals surface area (Å²) in [6.45, 7) is 11.6. The quantitative estimate of drug-likeness (QED) is 0.902. The molecule has 1 aromatic carbocycles. The fourth-order valence-electron chi connectivity index (χ4n) is 2.59. The van der Waals surface area contributed by atoms with Gasteiger partial charge in [0.1, 0.15) is 0 Å². The molecule has 1 atom stereocenters. The predicted octanol–water partition coefficient (Wildman–Crippen LogP) is 3.59. The van der Waals surface area contributed by atoms with Crippen LogP contribution in [0.1, 0.15) is 50.5 Å². The van der Waals surface area contributed by atoms with E-state index < -0.39 is 6.10 Å². The number of carbonyl (C=O) groups excluding carboxylic acids is 1. The summed E-state index contributed by atoms with van der Waals surface area (Å²) in [4.78, 5) is 14.0. The van der Waals surface area contributed by atoms with Crippen LogP contribution in [0.5, 0.6) is 0 Å². The van der Waals surface area contributed by atoms with Crippen LogP contribution in [0.25, 0.3) is 0 Å². The Balaban J connectivity index is 2.94. The first-order valence-corrected chi connectivity index (χ1v) is 7.44. The van der Waals surface area contributed by atoms with E-state index in [2.05, 4.69) is 0 Å². The Morgan fingerprint density at radius 3 is 2.19 bits per heavy atom. The Morgan fingerprint density at radius 1 is 1.19 bits per heavy atom. The van der Waals surface area contributed by atoms with Crippen molar-refractivity contribution in [2.24, 2.45) is 0 Å². The highest BCUT2D eigenvalue weighted by Gasteiger charge is 2.25. The van der Waals surface area contributed by atoms with Crippen LogP contribution < -0.4 is 0 Å². The summed E-state index contributed by atoms with van der Waals surface area (Å²) in [5, 5.41) is 9.59. The van der Waals surface area contributed by atoms with Crippen molar-refractivity contribution in [3.05, 3.63) is 34.9 Å².